The number of fused-ring (bicyclic) bond motifs is 2. The van der Waals surface area contributed by atoms with Gasteiger partial charge in [0, 0.05) is 44.1 Å². The summed E-state index contributed by atoms with van der Waals surface area (Å²) in [6, 6.07) is 35.9. The largest absolute Gasteiger partial charge is 0.338 e. The molecule has 2 heterocycles. The van der Waals surface area contributed by atoms with E-state index in [1.165, 1.54) is 39.5 Å². The minimum atomic E-state index is -0.0390. The van der Waals surface area contributed by atoms with Crippen molar-refractivity contribution >= 4 is 17.9 Å². The second-order valence-electron chi connectivity index (χ2n) is 11.2. The summed E-state index contributed by atoms with van der Waals surface area (Å²) in [6.07, 6.45) is 6.67. The molecule has 42 heavy (non-hydrogen) atoms. The summed E-state index contributed by atoms with van der Waals surface area (Å²) in [5, 5.41) is 0. The Kier molecular flexibility index (Phi) is 8.14. The summed E-state index contributed by atoms with van der Waals surface area (Å²) in [6.45, 7) is 6.32. The van der Waals surface area contributed by atoms with Crippen molar-refractivity contribution in [1.29, 1.82) is 0 Å². The van der Waals surface area contributed by atoms with Crippen molar-refractivity contribution in [2.24, 2.45) is 0 Å². The summed E-state index contributed by atoms with van der Waals surface area (Å²) in [5.41, 5.74) is 8.49. The van der Waals surface area contributed by atoms with E-state index in [4.69, 9.17) is 0 Å². The van der Waals surface area contributed by atoms with Gasteiger partial charge in [-0.3, -0.25) is 9.59 Å². The van der Waals surface area contributed by atoms with Gasteiger partial charge in [-0.2, -0.15) is 0 Å². The molecule has 0 radical (unpaired) electrons. The van der Waals surface area contributed by atoms with Crippen LogP contribution < -0.4 is 0 Å². The predicted molar refractivity (Wildman–Crippen MR) is 169 cm³/mol. The Morgan fingerprint density at radius 2 is 1.19 bits per heavy atom. The number of rotatable bonds is 5. The first-order valence-electron chi connectivity index (χ1n) is 14.8. The van der Waals surface area contributed by atoms with Gasteiger partial charge in [0.05, 0.1) is 0 Å². The number of benzene rings is 4. The number of hydrogen-bond donors (Lipinski definition) is 0. The summed E-state index contributed by atoms with van der Waals surface area (Å²) in [5.74, 6) is 0.221. The Balaban J connectivity index is 1.24. The van der Waals surface area contributed by atoms with Crippen LogP contribution in [0.25, 0.3) is 6.08 Å². The normalized spacial score (nSPS) is 18.5. The van der Waals surface area contributed by atoms with Gasteiger partial charge in [-0.25, -0.2) is 0 Å². The first-order valence-corrected chi connectivity index (χ1v) is 14.8. The maximum atomic E-state index is 13.6. The number of nitrogens with zero attached hydrogens (tertiary/aromatic N) is 2. The fraction of sp³-hybridized carbons (Fsp3) is 0.211. The van der Waals surface area contributed by atoms with Crippen molar-refractivity contribution < 1.29 is 9.59 Å². The lowest BCUT2D eigenvalue weighted by atomic mass is 9.87. The van der Waals surface area contributed by atoms with Gasteiger partial charge < -0.3 is 9.80 Å². The van der Waals surface area contributed by atoms with E-state index in [0.29, 0.717) is 26.2 Å². The molecule has 210 valence electrons. The second kappa shape index (κ2) is 12.4. The molecule has 0 bridgehead atoms. The molecular weight excluding hydrogens is 516 g/mol. The zero-order valence-corrected chi connectivity index (χ0v) is 23.9. The lowest BCUT2D eigenvalue weighted by Crippen LogP contribution is -2.33. The Labute approximate surface area is 248 Å². The molecule has 0 fully saturated rings. The number of hydrogen-bond acceptors (Lipinski definition) is 2. The van der Waals surface area contributed by atoms with E-state index in [-0.39, 0.29) is 23.7 Å². The van der Waals surface area contributed by atoms with Gasteiger partial charge in [0.2, 0.25) is 11.8 Å². The van der Waals surface area contributed by atoms with Gasteiger partial charge >= 0.3 is 0 Å². The van der Waals surface area contributed by atoms with Crippen molar-refractivity contribution in [2.75, 3.05) is 26.2 Å². The van der Waals surface area contributed by atoms with Crippen LogP contribution >= 0.6 is 0 Å². The van der Waals surface area contributed by atoms with Crippen LogP contribution in [0.1, 0.15) is 50.8 Å². The maximum Gasteiger partial charge on any atom is 0.246 e. The van der Waals surface area contributed by atoms with Crippen molar-refractivity contribution in [3.8, 4) is 0 Å². The quantitative estimate of drug-likeness (QED) is 0.261. The fourth-order valence-corrected chi connectivity index (χ4v) is 6.46. The van der Waals surface area contributed by atoms with Crippen LogP contribution in [0, 0.1) is 0 Å². The lowest BCUT2D eigenvalue weighted by Gasteiger charge is -2.25. The molecule has 0 N–H and O–H groups in total. The molecule has 2 aliphatic rings. The van der Waals surface area contributed by atoms with Crippen LogP contribution in [0.5, 0.6) is 0 Å². The van der Waals surface area contributed by atoms with Crippen LogP contribution in [0.4, 0.5) is 0 Å². The van der Waals surface area contributed by atoms with E-state index in [1.54, 1.807) is 6.08 Å². The Morgan fingerprint density at radius 1 is 0.643 bits per heavy atom. The van der Waals surface area contributed by atoms with Gasteiger partial charge in [0.15, 0.2) is 0 Å². The molecule has 4 aromatic rings. The summed E-state index contributed by atoms with van der Waals surface area (Å²) in [4.78, 5) is 30.1. The van der Waals surface area contributed by atoms with Crippen LogP contribution in [0.2, 0.25) is 0 Å². The molecule has 0 spiro atoms. The molecule has 0 aliphatic carbocycles. The van der Waals surface area contributed by atoms with Gasteiger partial charge in [0.25, 0.3) is 0 Å². The van der Waals surface area contributed by atoms with E-state index in [2.05, 4.69) is 85.4 Å². The second-order valence-corrected chi connectivity index (χ2v) is 11.2. The summed E-state index contributed by atoms with van der Waals surface area (Å²) in [7, 11) is 0. The monoisotopic (exact) mass is 552 g/mol. The minimum Gasteiger partial charge on any atom is -0.338 e. The minimum absolute atomic E-state index is 0.0311. The highest BCUT2D eigenvalue weighted by molar-refractivity contribution is 5.92. The molecule has 6 rings (SSSR count). The number of amides is 2. The Morgan fingerprint density at radius 3 is 1.83 bits per heavy atom. The third kappa shape index (κ3) is 5.84. The van der Waals surface area contributed by atoms with Gasteiger partial charge in [-0.15, -0.1) is 0 Å². The van der Waals surface area contributed by atoms with Crippen LogP contribution in [-0.4, -0.2) is 47.8 Å². The molecule has 4 heteroatoms. The van der Waals surface area contributed by atoms with Crippen LogP contribution in [0.3, 0.4) is 0 Å². The summed E-state index contributed by atoms with van der Waals surface area (Å²) < 4.78 is 0. The number of carbonyl (C=O) groups is 2. The predicted octanol–water partition coefficient (Wildman–Crippen LogP) is 6.62. The molecule has 0 saturated heterocycles. The molecule has 4 nitrogen and oxygen atoms in total. The van der Waals surface area contributed by atoms with Gasteiger partial charge in [-0.05, 0) is 63.9 Å². The molecule has 0 saturated carbocycles. The molecule has 2 aliphatic heterocycles. The Bertz CT molecular complexity index is 1610. The van der Waals surface area contributed by atoms with Crippen molar-refractivity contribution in [1.82, 2.24) is 9.80 Å². The highest BCUT2D eigenvalue weighted by atomic mass is 16.2. The standard InChI is InChI=1S/C38H36N2O2/c1-2-37(41)39-24-22-32-25-28(17-19-34(32)36(26-39)30-13-7-4-8-14-30)18-20-38(42)40-23-21-31-15-9-10-16-33(31)35(27-40)29-11-5-3-6-12-29/h2-20,25,35-36H,1,21-24,26-27H2/b20-18-/t35-,36+/m1/s1. The molecule has 0 aromatic heterocycles. The average molecular weight is 553 g/mol. The van der Waals surface area contributed by atoms with Gasteiger partial charge in [-0.1, -0.05) is 110 Å². The molecule has 0 unspecified atom stereocenters. The average Bonchev–Trinajstić information content (AvgIpc) is 3.37. The topological polar surface area (TPSA) is 40.6 Å². The van der Waals surface area contributed by atoms with Gasteiger partial charge in [0.1, 0.15) is 0 Å². The third-order valence-electron chi connectivity index (χ3n) is 8.70. The van der Waals surface area contributed by atoms with Crippen LogP contribution in [0.15, 0.2) is 122 Å². The first-order chi connectivity index (χ1) is 20.6. The van der Waals surface area contributed by atoms with Crippen molar-refractivity contribution in [3.63, 3.8) is 0 Å². The number of carbonyl (C=O) groups excluding carboxylic acids is 2. The summed E-state index contributed by atoms with van der Waals surface area (Å²) >= 11 is 0. The highest BCUT2D eigenvalue weighted by Gasteiger charge is 2.27. The highest BCUT2D eigenvalue weighted by Crippen LogP contribution is 2.33. The van der Waals surface area contributed by atoms with Crippen LogP contribution in [-0.2, 0) is 22.4 Å². The Hall–Kier alpha value is -4.70. The van der Waals surface area contributed by atoms with Crippen molar-refractivity contribution in [2.45, 2.75) is 24.7 Å². The zero-order chi connectivity index (χ0) is 28.9. The fourth-order valence-electron chi connectivity index (χ4n) is 6.46. The maximum absolute atomic E-state index is 13.6. The molecule has 4 aromatic carbocycles. The third-order valence-corrected chi connectivity index (χ3v) is 8.70. The van der Waals surface area contributed by atoms with E-state index < -0.39 is 0 Å². The van der Waals surface area contributed by atoms with E-state index >= 15 is 0 Å². The van der Waals surface area contributed by atoms with E-state index in [1.807, 2.05) is 40.1 Å². The SMILES string of the molecule is C=CC(=O)N1CCc2cc(/C=C\C(=O)N3CCc4ccccc4[C@@H](c4ccccc4)C3)ccc2[C@H](c2ccccc2)C1. The van der Waals surface area contributed by atoms with E-state index in [9.17, 15) is 9.59 Å². The first kappa shape index (κ1) is 27.5. The van der Waals surface area contributed by atoms with Crippen molar-refractivity contribution in [3.05, 3.63) is 161 Å². The molecule has 2 amide bonds. The zero-order valence-electron chi connectivity index (χ0n) is 23.9. The lowest BCUT2D eigenvalue weighted by molar-refractivity contribution is -0.126. The molecular formula is C38H36N2O2. The molecule has 2 atom stereocenters. The van der Waals surface area contributed by atoms with E-state index in [0.717, 1.165) is 18.4 Å². The smallest absolute Gasteiger partial charge is 0.246 e.